The van der Waals surface area contributed by atoms with Gasteiger partial charge in [0, 0.05) is 11.9 Å². The van der Waals surface area contributed by atoms with Crippen molar-refractivity contribution in [3.05, 3.63) is 16.8 Å². The van der Waals surface area contributed by atoms with E-state index in [0.717, 1.165) is 12.2 Å². The number of hydrogen-bond donors (Lipinski definition) is 0. The van der Waals surface area contributed by atoms with E-state index in [1.165, 1.54) is 31.0 Å². The Kier molecular flexibility index (Phi) is 2.31. The van der Waals surface area contributed by atoms with Gasteiger partial charge in [-0.3, -0.25) is 9.63 Å². The predicted octanol–water partition coefficient (Wildman–Crippen LogP) is 1.88. The van der Waals surface area contributed by atoms with E-state index < -0.39 is 0 Å². The first-order valence-corrected chi connectivity index (χ1v) is 7.48. The molecule has 1 aromatic rings. The molecular formula is C13H16N2O2S. The van der Waals surface area contributed by atoms with Crippen LogP contribution in [0.25, 0.3) is 0 Å². The predicted molar refractivity (Wildman–Crippen MR) is 69.4 cm³/mol. The molecule has 1 unspecified atom stereocenters. The summed E-state index contributed by atoms with van der Waals surface area (Å²) in [6.07, 6.45) is 2.89. The molecule has 5 heterocycles. The van der Waals surface area contributed by atoms with Crippen LogP contribution in [0.4, 0.5) is 5.69 Å². The third kappa shape index (κ3) is 1.47. The molecule has 0 aromatic carbocycles. The molecule has 4 aliphatic rings. The van der Waals surface area contributed by atoms with E-state index in [1.807, 2.05) is 16.8 Å². The van der Waals surface area contributed by atoms with Gasteiger partial charge in [-0.15, -0.1) is 0 Å². The van der Waals surface area contributed by atoms with Crippen LogP contribution in [0.5, 0.6) is 0 Å². The minimum atomic E-state index is -0.241. The van der Waals surface area contributed by atoms with Gasteiger partial charge in [-0.25, -0.2) is 0 Å². The van der Waals surface area contributed by atoms with Crippen LogP contribution in [0.2, 0.25) is 0 Å². The van der Waals surface area contributed by atoms with Crippen molar-refractivity contribution in [3.8, 4) is 0 Å². The highest BCUT2D eigenvalue weighted by atomic mass is 32.1. The average molecular weight is 264 g/mol. The summed E-state index contributed by atoms with van der Waals surface area (Å²) in [5.41, 5.74) is 0.647. The number of thiophene rings is 1. The highest BCUT2D eigenvalue weighted by molar-refractivity contribution is 7.08. The Labute approximate surface area is 110 Å². The van der Waals surface area contributed by atoms with Gasteiger partial charge in [0.15, 0.2) is 0 Å². The van der Waals surface area contributed by atoms with Crippen LogP contribution < -0.4 is 5.06 Å². The van der Waals surface area contributed by atoms with E-state index in [2.05, 4.69) is 4.90 Å². The number of amides is 1. The molecule has 5 rings (SSSR count). The Morgan fingerprint density at radius 1 is 1.39 bits per heavy atom. The van der Waals surface area contributed by atoms with Crippen LogP contribution in [0.3, 0.4) is 0 Å². The number of fused-ring (bicyclic) bond motifs is 2. The second kappa shape index (κ2) is 3.79. The molecule has 1 aromatic heterocycles. The zero-order valence-electron chi connectivity index (χ0n) is 10.2. The molecule has 4 saturated heterocycles. The van der Waals surface area contributed by atoms with E-state index in [-0.39, 0.29) is 11.5 Å². The summed E-state index contributed by atoms with van der Waals surface area (Å²) in [7, 11) is 0. The lowest BCUT2D eigenvalue weighted by Crippen LogP contribution is -2.59. The number of rotatable bonds is 1. The van der Waals surface area contributed by atoms with Crippen molar-refractivity contribution in [1.82, 2.24) is 4.90 Å². The second-order valence-corrected chi connectivity index (χ2v) is 6.33. The van der Waals surface area contributed by atoms with Gasteiger partial charge >= 0.3 is 0 Å². The van der Waals surface area contributed by atoms with Gasteiger partial charge in [-0.2, -0.15) is 16.4 Å². The second-order valence-electron chi connectivity index (χ2n) is 5.55. The van der Waals surface area contributed by atoms with Gasteiger partial charge in [0.25, 0.3) is 5.91 Å². The lowest BCUT2D eigenvalue weighted by atomic mass is 9.74. The summed E-state index contributed by atoms with van der Waals surface area (Å²) in [6.45, 7) is 3.26. The molecule has 1 spiro atoms. The topological polar surface area (TPSA) is 32.8 Å². The van der Waals surface area contributed by atoms with Gasteiger partial charge in [0.05, 0.1) is 12.1 Å². The van der Waals surface area contributed by atoms with Crippen molar-refractivity contribution >= 4 is 22.9 Å². The zero-order valence-corrected chi connectivity index (χ0v) is 11.0. The Hall–Kier alpha value is -0.910. The van der Waals surface area contributed by atoms with Crippen molar-refractivity contribution in [2.75, 3.05) is 24.7 Å². The molecule has 4 aliphatic heterocycles. The van der Waals surface area contributed by atoms with Crippen LogP contribution in [0.1, 0.15) is 19.3 Å². The fourth-order valence-electron chi connectivity index (χ4n) is 3.59. The molecule has 2 bridgehead atoms. The van der Waals surface area contributed by atoms with E-state index in [1.54, 1.807) is 11.3 Å². The van der Waals surface area contributed by atoms with Crippen molar-refractivity contribution < 1.29 is 9.63 Å². The molecule has 96 valence electrons. The summed E-state index contributed by atoms with van der Waals surface area (Å²) in [5.74, 6) is 0.664. The minimum Gasteiger partial charge on any atom is -0.300 e. The lowest BCUT2D eigenvalue weighted by molar-refractivity contribution is -0.132. The maximum atomic E-state index is 12.2. The molecule has 5 heteroatoms. The largest absolute Gasteiger partial charge is 0.300 e. The molecule has 1 amide bonds. The minimum absolute atomic E-state index is 0.113. The maximum absolute atomic E-state index is 12.2. The number of piperidine rings is 3. The van der Waals surface area contributed by atoms with Crippen LogP contribution in [0.15, 0.2) is 16.8 Å². The van der Waals surface area contributed by atoms with Crippen LogP contribution in [-0.2, 0) is 9.63 Å². The Balaban J connectivity index is 1.64. The Bertz CT molecular complexity index is 467. The zero-order chi connectivity index (χ0) is 12.2. The van der Waals surface area contributed by atoms with Gasteiger partial charge in [0.2, 0.25) is 0 Å². The molecule has 0 saturated carbocycles. The van der Waals surface area contributed by atoms with Crippen molar-refractivity contribution in [1.29, 1.82) is 0 Å². The monoisotopic (exact) mass is 264 g/mol. The molecular weight excluding hydrogens is 248 g/mol. The molecule has 18 heavy (non-hydrogen) atoms. The number of carbonyl (C=O) groups excluding carboxylic acids is 1. The van der Waals surface area contributed by atoms with E-state index in [9.17, 15) is 4.79 Å². The van der Waals surface area contributed by atoms with E-state index in [0.29, 0.717) is 12.3 Å². The molecule has 0 aliphatic carbocycles. The Morgan fingerprint density at radius 2 is 2.22 bits per heavy atom. The van der Waals surface area contributed by atoms with Gasteiger partial charge in [-0.05, 0) is 43.3 Å². The first-order chi connectivity index (χ1) is 8.77. The highest BCUT2D eigenvalue weighted by Gasteiger charge is 2.55. The molecule has 1 atom stereocenters. The normalized spacial score (nSPS) is 38.9. The number of carbonyl (C=O) groups is 1. The summed E-state index contributed by atoms with van der Waals surface area (Å²) in [5, 5.41) is 5.48. The summed E-state index contributed by atoms with van der Waals surface area (Å²) in [6, 6.07) is 1.95. The lowest BCUT2D eigenvalue weighted by Gasteiger charge is -2.49. The third-order valence-corrected chi connectivity index (χ3v) is 5.18. The number of anilines is 1. The Morgan fingerprint density at radius 3 is 2.83 bits per heavy atom. The molecule has 0 radical (unpaired) electrons. The van der Waals surface area contributed by atoms with Gasteiger partial charge in [0.1, 0.15) is 5.60 Å². The third-order valence-electron chi connectivity index (χ3n) is 4.51. The van der Waals surface area contributed by atoms with Gasteiger partial charge in [-0.1, -0.05) is 0 Å². The number of nitrogens with zero attached hydrogens (tertiary/aromatic N) is 2. The first-order valence-electron chi connectivity index (χ1n) is 6.53. The van der Waals surface area contributed by atoms with E-state index in [4.69, 9.17) is 4.84 Å². The molecule has 4 nitrogen and oxygen atoms in total. The SMILES string of the molecule is O=C1CC2(CN3CCC2CC3)ON1c1ccsc1. The van der Waals surface area contributed by atoms with Crippen molar-refractivity contribution in [2.24, 2.45) is 5.92 Å². The van der Waals surface area contributed by atoms with Crippen LogP contribution in [-0.4, -0.2) is 36.0 Å². The summed E-state index contributed by atoms with van der Waals surface area (Å²) >= 11 is 1.59. The van der Waals surface area contributed by atoms with Crippen LogP contribution >= 0.6 is 11.3 Å². The number of hydroxylamine groups is 1. The average Bonchev–Trinajstić information content (AvgIpc) is 2.99. The fraction of sp³-hybridized carbons (Fsp3) is 0.615. The van der Waals surface area contributed by atoms with Gasteiger partial charge < -0.3 is 4.90 Å². The van der Waals surface area contributed by atoms with Crippen molar-refractivity contribution in [3.63, 3.8) is 0 Å². The van der Waals surface area contributed by atoms with E-state index >= 15 is 0 Å². The quantitative estimate of drug-likeness (QED) is 0.776. The fourth-order valence-corrected chi connectivity index (χ4v) is 4.20. The highest BCUT2D eigenvalue weighted by Crippen LogP contribution is 2.45. The number of hydrogen-bond acceptors (Lipinski definition) is 4. The first kappa shape index (κ1) is 11.0. The summed E-state index contributed by atoms with van der Waals surface area (Å²) in [4.78, 5) is 20.8. The standard InChI is InChI=1S/C13H16N2O2S/c16-12-7-13(9-14-4-1-10(13)2-5-14)17-15(12)11-3-6-18-8-11/h3,6,8,10H,1-2,4-5,7,9H2. The molecule has 4 fully saturated rings. The summed E-state index contributed by atoms with van der Waals surface area (Å²) < 4.78 is 0. The van der Waals surface area contributed by atoms with Crippen LogP contribution in [0, 0.1) is 5.92 Å². The van der Waals surface area contributed by atoms with Crippen molar-refractivity contribution in [2.45, 2.75) is 24.9 Å². The smallest absolute Gasteiger partial charge is 0.254 e. The molecule has 0 N–H and O–H groups in total. The maximum Gasteiger partial charge on any atom is 0.254 e.